The van der Waals surface area contributed by atoms with E-state index in [4.69, 9.17) is 0 Å². The van der Waals surface area contributed by atoms with E-state index in [-0.39, 0.29) is 22.3 Å². The first kappa shape index (κ1) is 11.3. The molecule has 4 saturated carbocycles. The topological polar surface area (TPSA) is 51.2 Å². The average molecular weight is 280 g/mol. The third-order valence-electron chi connectivity index (χ3n) is 7.10. The Balaban J connectivity index is 1.68. The number of fused-ring (bicyclic) bond motifs is 10. The zero-order valence-corrected chi connectivity index (χ0v) is 11.8. The van der Waals surface area contributed by atoms with Gasteiger partial charge in [-0.2, -0.15) is 0 Å². The number of Topliss-reactive ketones (excluding diaryl/α,β-unsaturated/α-hetero) is 1. The molecule has 0 aromatic carbocycles. The standard InChI is InChI=1S/C15H20O3S/c16-13-11-7-1-3-9(5-7)14(11)19(17,18)15-10-4-2-8(6-10)12(13)15/h7-12,14-15H,1-6H2/t7-,8+,9-,10-,11+,12-,14-,15-/m1/s1. The molecule has 4 heteroatoms. The zero-order valence-electron chi connectivity index (χ0n) is 11.0. The van der Waals surface area contributed by atoms with Crippen molar-refractivity contribution in [2.45, 2.75) is 49.0 Å². The van der Waals surface area contributed by atoms with Crippen LogP contribution in [-0.2, 0) is 14.6 Å². The molecule has 0 aromatic rings. The third-order valence-corrected chi connectivity index (χ3v) is 9.97. The van der Waals surface area contributed by atoms with Gasteiger partial charge in [0.1, 0.15) is 5.78 Å². The molecule has 1 saturated heterocycles. The van der Waals surface area contributed by atoms with Crippen LogP contribution in [0.5, 0.6) is 0 Å². The van der Waals surface area contributed by atoms with Crippen molar-refractivity contribution in [3.8, 4) is 0 Å². The van der Waals surface area contributed by atoms with Crippen molar-refractivity contribution in [1.82, 2.24) is 0 Å². The molecule has 1 heterocycles. The fourth-order valence-corrected chi connectivity index (χ4v) is 10.1. The molecule has 4 bridgehead atoms. The first-order chi connectivity index (χ1) is 9.09. The molecular weight excluding hydrogens is 260 g/mol. The van der Waals surface area contributed by atoms with Crippen LogP contribution in [0.2, 0.25) is 0 Å². The highest BCUT2D eigenvalue weighted by Crippen LogP contribution is 2.62. The van der Waals surface area contributed by atoms with Gasteiger partial charge in [-0.25, -0.2) is 8.42 Å². The lowest BCUT2D eigenvalue weighted by Gasteiger charge is -2.43. The van der Waals surface area contributed by atoms with Crippen molar-refractivity contribution in [2.24, 2.45) is 35.5 Å². The first-order valence-electron chi connectivity index (χ1n) is 7.85. The second kappa shape index (κ2) is 3.26. The maximum atomic E-state index is 13.0. The number of hydrogen-bond acceptors (Lipinski definition) is 3. The summed E-state index contributed by atoms with van der Waals surface area (Å²) >= 11 is 0. The van der Waals surface area contributed by atoms with E-state index in [1.54, 1.807) is 0 Å². The highest BCUT2D eigenvalue weighted by Gasteiger charge is 2.68. The molecule has 5 fully saturated rings. The number of sulfone groups is 1. The van der Waals surface area contributed by atoms with Gasteiger partial charge in [0, 0.05) is 11.8 Å². The lowest BCUT2D eigenvalue weighted by Crippen LogP contribution is -2.56. The molecule has 0 spiro atoms. The van der Waals surface area contributed by atoms with E-state index in [2.05, 4.69) is 0 Å². The molecule has 1 aliphatic heterocycles. The van der Waals surface area contributed by atoms with Crippen LogP contribution in [0.3, 0.4) is 0 Å². The molecule has 4 aliphatic carbocycles. The highest BCUT2D eigenvalue weighted by molar-refractivity contribution is 7.92. The Kier molecular flexibility index (Phi) is 1.94. The lowest BCUT2D eigenvalue weighted by molar-refractivity contribution is -0.130. The predicted molar refractivity (Wildman–Crippen MR) is 70.1 cm³/mol. The number of ketones is 1. The van der Waals surface area contributed by atoms with Crippen molar-refractivity contribution < 1.29 is 13.2 Å². The molecule has 5 rings (SSSR count). The molecule has 5 aliphatic rings. The molecule has 19 heavy (non-hydrogen) atoms. The molecule has 8 atom stereocenters. The second-order valence-corrected chi connectivity index (χ2v) is 9.91. The quantitative estimate of drug-likeness (QED) is 0.680. The summed E-state index contributed by atoms with van der Waals surface area (Å²) in [6.45, 7) is 0. The largest absolute Gasteiger partial charge is 0.299 e. The van der Waals surface area contributed by atoms with E-state index in [0.29, 0.717) is 29.5 Å². The minimum Gasteiger partial charge on any atom is -0.299 e. The molecule has 3 nitrogen and oxygen atoms in total. The molecule has 0 amide bonds. The summed E-state index contributed by atoms with van der Waals surface area (Å²) in [5.41, 5.74) is 0. The van der Waals surface area contributed by atoms with Gasteiger partial charge in [-0.05, 0) is 62.2 Å². The van der Waals surface area contributed by atoms with Gasteiger partial charge in [-0.15, -0.1) is 0 Å². The van der Waals surface area contributed by atoms with Crippen LogP contribution in [0.25, 0.3) is 0 Å². The van der Waals surface area contributed by atoms with Gasteiger partial charge in [0.2, 0.25) is 0 Å². The van der Waals surface area contributed by atoms with Gasteiger partial charge in [0.25, 0.3) is 0 Å². The first-order valence-corrected chi connectivity index (χ1v) is 9.46. The van der Waals surface area contributed by atoms with Crippen molar-refractivity contribution >= 4 is 15.6 Å². The average Bonchev–Trinajstić information content (AvgIpc) is 3.11. The molecule has 0 radical (unpaired) electrons. The molecule has 104 valence electrons. The molecule has 0 aromatic heterocycles. The number of carbonyl (C=O) groups is 1. The highest BCUT2D eigenvalue weighted by atomic mass is 32.2. The van der Waals surface area contributed by atoms with E-state index in [1.165, 1.54) is 0 Å². The maximum absolute atomic E-state index is 13.0. The van der Waals surface area contributed by atoms with Gasteiger partial charge >= 0.3 is 0 Å². The van der Waals surface area contributed by atoms with Gasteiger partial charge in [0.05, 0.1) is 10.5 Å². The number of rotatable bonds is 0. The van der Waals surface area contributed by atoms with Crippen LogP contribution in [0.15, 0.2) is 0 Å². The second-order valence-electron chi connectivity index (χ2n) is 7.64. The predicted octanol–water partition coefficient (Wildman–Crippen LogP) is 1.81. The zero-order chi connectivity index (χ0) is 12.9. The van der Waals surface area contributed by atoms with E-state index < -0.39 is 9.84 Å². The molecule has 0 unspecified atom stereocenters. The minimum absolute atomic E-state index is 0.107. The fourth-order valence-electron chi connectivity index (χ4n) is 6.61. The molecular formula is C15H20O3S. The third kappa shape index (κ3) is 1.13. The Morgan fingerprint density at radius 3 is 1.63 bits per heavy atom. The molecule has 0 N–H and O–H groups in total. The summed E-state index contributed by atoms with van der Waals surface area (Å²) < 4.78 is 26.1. The van der Waals surface area contributed by atoms with Crippen molar-refractivity contribution in [2.75, 3.05) is 0 Å². The number of carbonyl (C=O) groups excluding carboxylic acids is 1. The summed E-state index contributed by atoms with van der Waals surface area (Å²) in [6.07, 6.45) is 6.30. The maximum Gasteiger partial charge on any atom is 0.158 e. The van der Waals surface area contributed by atoms with Crippen LogP contribution < -0.4 is 0 Å². The van der Waals surface area contributed by atoms with Crippen LogP contribution in [0.4, 0.5) is 0 Å². The summed E-state index contributed by atoms with van der Waals surface area (Å²) in [5, 5.41) is -0.557. The number of hydrogen-bond donors (Lipinski definition) is 0. The van der Waals surface area contributed by atoms with Crippen molar-refractivity contribution in [3.63, 3.8) is 0 Å². The summed E-state index contributed by atoms with van der Waals surface area (Å²) in [6, 6.07) is 0. The SMILES string of the molecule is O=C1[C@@H]2[C@@H]3CC[C@H](C3)[C@H]2S(=O)(=O)[C@@H]2[C@@H]3CC[C@@H](C3)[C@H]12. The van der Waals surface area contributed by atoms with Gasteiger partial charge in [-0.1, -0.05) is 0 Å². The van der Waals surface area contributed by atoms with Gasteiger partial charge in [-0.3, -0.25) is 4.79 Å². The van der Waals surface area contributed by atoms with E-state index >= 15 is 0 Å². The Bertz CT molecular complexity index is 524. The normalized spacial score (nSPS) is 60.3. The Morgan fingerprint density at radius 1 is 0.737 bits per heavy atom. The van der Waals surface area contributed by atoms with Crippen molar-refractivity contribution in [3.05, 3.63) is 0 Å². The Hall–Kier alpha value is -0.380. The Labute approximate surface area is 114 Å². The summed E-state index contributed by atoms with van der Waals surface area (Å²) in [7, 11) is -3.05. The lowest BCUT2D eigenvalue weighted by atomic mass is 9.74. The minimum atomic E-state index is -3.05. The van der Waals surface area contributed by atoms with Crippen LogP contribution >= 0.6 is 0 Å². The van der Waals surface area contributed by atoms with E-state index in [1.807, 2.05) is 0 Å². The van der Waals surface area contributed by atoms with E-state index in [9.17, 15) is 13.2 Å². The van der Waals surface area contributed by atoms with Gasteiger partial charge < -0.3 is 0 Å². The summed E-state index contributed by atoms with van der Waals surface area (Å²) in [5.74, 6) is 1.57. The Morgan fingerprint density at radius 2 is 1.16 bits per heavy atom. The van der Waals surface area contributed by atoms with E-state index in [0.717, 1.165) is 38.5 Å². The van der Waals surface area contributed by atoms with Crippen molar-refractivity contribution in [1.29, 1.82) is 0 Å². The van der Waals surface area contributed by atoms with Gasteiger partial charge in [0.15, 0.2) is 9.84 Å². The monoisotopic (exact) mass is 280 g/mol. The van der Waals surface area contributed by atoms with Crippen LogP contribution in [-0.4, -0.2) is 24.7 Å². The fraction of sp³-hybridized carbons (Fsp3) is 0.933. The summed E-state index contributed by atoms with van der Waals surface area (Å²) in [4.78, 5) is 12.9. The van der Waals surface area contributed by atoms with Crippen LogP contribution in [0.1, 0.15) is 38.5 Å². The van der Waals surface area contributed by atoms with Crippen LogP contribution in [0, 0.1) is 35.5 Å². The smallest absolute Gasteiger partial charge is 0.158 e.